The molecule has 1 heterocycles. The van der Waals surface area contributed by atoms with Gasteiger partial charge in [0.05, 0.1) is 19.3 Å². The lowest BCUT2D eigenvalue weighted by Gasteiger charge is -2.30. The van der Waals surface area contributed by atoms with Gasteiger partial charge in [0, 0.05) is 38.8 Å². The number of hydrogen-bond donors (Lipinski definition) is 2. The minimum atomic E-state index is 0. The van der Waals surface area contributed by atoms with E-state index in [0.29, 0.717) is 13.2 Å². The van der Waals surface area contributed by atoms with E-state index < -0.39 is 0 Å². The van der Waals surface area contributed by atoms with Crippen LogP contribution in [0.3, 0.4) is 0 Å². The van der Waals surface area contributed by atoms with Gasteiger partial charge in [-0.15, -0.1) is 24.0 Å². The second kappa shape index (κ2) is 11.5. The lowest BCUT2D eigenvalue weighted by Crippen LogP contribution is -2.48. The number of morpholine rings is 1. The number of rotatable bonds is 6. The number of nitrogens with one attached hydrogen (secondary N) is 2. The lowest BCUT2D eigenvalue weighted by atomic mass is 10.2. The summed E-state index contributed by atoms with van der Waals surface area (Å²) in [5, 5.41) is 6.65. The first kappa shape index (κ1) is 21.0. The van der Waals surface area contributed by atoms with Crippen molar-refractivity contribution in [2.75, 3.05) is 46.9 Å². The Hall–Kier alpha value is -1.06. The number of benzene rings is 1. The van der Waals surface area contributed by atoms with Gasteiger partial charge in [-0.1, -0.05) is 18.2 Å². The van der Waals surface area contributed by atoms with Crippen molar-refractivity contribution in [3.05, 3.63) is 29.8 Å². The third-order valence-corrected chi connectivity index (χ3v) is 3.78. The van der Waals surface area contributed by atoms with E-state index in [2.05, 4.69) is 33.6 Å². The normalized spacial score (nSPS) is 18.6. The van der Waals surface area contributed by atoms with E-state index in [1.54, 1.807) is 7.05 Å². The van der Waals surface area contributed by atoms with Crippen molar-refractivity contribution in [3.63, 3.8) is 0 Å². The number of para-hydroxylation sites is 1. The Bertz CT molecular complexity index is 513. The van der Waals surface area contributed by atoms with Crippen LogP contribution < -0.4 is 15.4 Å². The van der Waals surface area contributed by atoms with Crippen molar-refractivity contribution in [3.8, 4) is 5.75 Å². The van der Waals surface area contributed by atoms with Crippen LogP contribution in [0.15, 0.2) is 29.3 Å². The van der Waals surface area contributed by atoms with Gasteiger partial charge < -0.3 is 25.0 Å². The first-order valence-electron chi connectivity index (χ1n) is 8.18. The Morgan fingerprint density at radius 3 is 2.88 bits per heavy atom. The third kappa shape index (κ3) is 6.82. The fraction of sp³-hybridized carbons (Fsp3) is 0.588. The van der Waals surface area contributed by atoms with E-state index >= 15 is 0 Å². The first-order chi connectivity index (χ1) is 11.2. The number of guanidine groups is 1. The largest absolute Gasteiger partial charge is 0.494 e. The molecule has 1 atom stereocenters. The van der Waals surface area contributed by atoms with Crippen LogP contribution in [0.1, 0.15) is 12.5 Å². The maximum absolute atomic E-state index is 5.75. The van der Waals surface area contributed by atoms with Crippen molar-refractivity contribution in [2.24, 2.45) is 4.99 Å². The molecule has 0 saturated carbocycles. The highest BCUT2D eigenvalue weighted by Gasteiger charge is 2.17. The molecule has 136 valence electrons. The van der Waals surface area contributed by atoms with Gasteiger partial charge in [0.25, 0.3) is 0 Å². The van der Waals surface area contributed by atoms with Crippen LogP contribution in [-0.2, 0) is 11.3 Å². The fourth-order valence-corrected chi connectivity index (χ4v) is 2.55. The molecule has 0 amide bonds. The van der Waals surface area contributed by atoms with Gasteiger partial charge in [-0.05, 0) is 20.0 Å². The average Bonchev–Trinajstić information content (AvgIpc) is 2.57. The van der Waals surface area contributed by atoms with Crippen LogP contribution in [-0.4, -0.2) is 63.9 Å². The van der Waals surface area contributed by atoms with Crippen LogP contribution in [0.25, 0.3) is 0 Å². The van der Waals surface area contributed by atoms with E-state index in [0.717, 1.165) is 43.5 Å². The van der Waals surface area contributed by atoms with Crippen molar-refractivity contribution >= 4 is 29.9 Å². The minimum Gasteiger partial charge on any atom is -0.494 e. The molecule has 7 heteroatoms. The molecule has 0 radical (unpaired) electrons. The van der Waals surface area contributed by atoms with Crippen LogP contribution in [0, 0.1) is 0 Å². The highest BCUT2D eigenvalue weighted by molar-refractivity contribution is 14.0. The van der Waals surface area contributed by atoms with Crippen LogP contribution >= 0.6 is 24.0 Å². The summed E-state index contributed by atoms with van der Waals surface area (Å²) < 4.78 is 11.4. The molecule has 2 N–H and O–H groups in total. The third-order valence-electron chi connectivity index (χ3n) is 3.78. The van der Waals surface area contributed by atoms with E-state index in [1.807, 2.05) is 25.1 Å². The van der Waals surface area contributed by atoms with Crippen molar-refractivity contribution < 1.29 is 9.47 Å². The number of likely N-dealkylation sites (N-methyl/N-ethyl adjacent to an activating group) is 1. The molecule has 1 aliphatic rings. The molecule has 1 aromatic rings. The van der Waals surface area contributed by atoms with Crippen LogP contribution in [0.2, 0.25) is 0 Å². The maximum Gasteiger partial charge on any atom is 0.191 e. The highest BCUT2D eigenvalue weighted by atomic mass is 127. The van der Waals surface area contributed by atoms with Crippen molar-refractivity contribution in [1.29, 1.82) is 0 Å². The molecule has 1 aliphatic heterocycles. The highest BCUT2D eigenvalue weighted by Crippen LogP contribution is 2.17. The summed E-state index contributed by atoms with van der Waals surface area (Å²) >= 11 is 0. The van der Waals surface area contributed by atoms with Crippen LogP contribution in [0.4, 0.5) is 0 Å². The van der Waals surface area contributed by atoms with Crippen molar-refractivity contribution in [2.45, 2.75) is 19.6 Å². The molecule has 0 aliphatic carbocycles. The van der Waals surface area contributed by atoms with E-state index in [9.17, 15) is 0 Å². The van der Waals surface area contributed by atoms with E-state index in [1.165, 1.54) is 0 Å². The van der Waals surface area contributed by atoms with Gasteiger partial charge >= 0.3 is 0 Å². The molecule has 1 fully saturated rings. The second-order valence-corrected chi connectivity index (χ2v) is 5.60. The molecule has 1 unspecified atom stereocenters. The summed E-state index contributed by atoms with van der Waals surface area (Å²) in [6.07, 6.45) is 0.197. The van der Waals surface area contributed by atoms with Gasteiger partial charge in [-0.25, -0.2) is 0 Å². The molecular weight excluding hydrogens is 419 g/mol. The van der Waals surface area contributed by atoms with Crippen molar-refractivity contribution in [1.82, 2.24) is 15.5 Å². The molecular formula is C17H29IN4O2. The summed E-state index contributed by atoms with van der Waals surface area (Å²) in [5.41, 5.74) is 1.12. The molecule has 1 aromatic carbocycles. The lowest BCUT2D eigenvalue weighted by molar-refractivity contribution is -0.0161. The monoisotopic (exact) mass is 448 g/mol. The predicted octanol–water partition coefficient (Wildman–Crippen LogP) is 1.70. The average molecular weight is 448 g/mol. The van der Waals surface area contributed by atoms with Gasteiger partial charge in [0.1, 0.15) is 5.75 Å². The molecule has 1 saturated heterocycles. The summed E-state index contributed by atoms with van der Waals surface area (Å²) in [4.78, 5) is 6.55. The molecule has 24 heavy (non-hydrogen) atoms. The minimum absolute atomic E-state index is 0. The maximum atomic E-state index is 5.75. The molecule has 2 rings (SSSR count). The second-order valence-electron chi connectivity index (χ2n) is 5.60. The van der Waals surface area contributed by atoms with Crippen LogP contribution in [0.5, 0.6) is 5.75 Å². The predicted molar refractivity (Wildman–Crippen MR) is 108 cm³/mol. The number of aliphatic imine (C=N–C) groups is 1. The molecule has 0 spiro atoms. The van der Waals surface area contributed by atoms with Gasteiger partial charge in [-0.3, -0.25) is 4.99 Å². The summed E-state index contributed by atoms with van der Waals surface area (Å²) in [7, 11) is 3.89. The summed E-state index contributed by atoms with van der Waals surface area (Å²) in [6.45, 7) is 6.80. The fourth-order valence-electron chi connectivity index (χ4n) is 2.55. The standard InChI is InChI=1S/C17H28N4O2.HI/c1-4-22-16-8-6-5-7-14(16)11-19-17(18-2)20-12-15-13-21(3)9-10-23-15;/h5-8,15H,4,9-13H2,1-3H3,(H2,18,19,20);1H. The molecule has 0 bridgehead atoms. The Labute approximate surface area is 162 Å². The topological polar surface area (TPSA) is 58.1 Å². The summed E-state index contributed by atoms with van der Waals surface area (Å²) in [6, 6.07) is 8.05. The number of nitrogens with zero attached hydrogens (tertiary/aromatic N) is 2. The zero-order valence-electron chi connectivity index (χ0n) is 14.7. The number of ether oxygens (including phenoxy) is 2. The smallest absolute Gasteiger partial charge is 0.191 e. The van der Waals surface area contributed by atoms with Gasteiger partial charge in [0.2, 0.25) is 0 Å². The SMILES string of the molecule is CCOc1ccccc1CNC(=NC)NCC1CN(C)CCO1.I. The Balaban J connectivity index is 0.00000288. The number of halogens is 1. The zero-order chi connectivity index (χ0) is 16.5. The molecule has 6 nitrogen and oxygen atoms in total. The molecule has 0 aromatic heterocycles. The van der Waals surface area contributed by atoms with E-state index in [-0.39, 0.29) is 30.1 Å². The Morgan fingerprint density at radius 1 is 1.38 bits per heavy atom. The summed E-state index contributed by atoms with van der Waals surface area (Å²) in [5.74, 6) is 1.68. The zero-order valence-corrected chi connectivity index (χ0v) is 17.1. The quantitative estimate of drug-likeness (QED) is 0.394. The van der Waals surface area contributed by atoms with E-state index in [4.69, 9.17) is 9.47 Å². The Kier molecular flexibility index (Phi) is 10.0. The van der Waals surface area contributed by atoms with Gasteiger partial charge in [-0.2, -0.15) is 0 Å². The first-order valence-corrected chi connectivity index (χ1v) is 8.18. The Morgan fingerprint density at radius 2 is 2.17 bits per heavy atom. The van der Waals surface area contributed by atoms with Gasteiger partial charge in [0.15, 0.2) is 5.96 Å². The number of hydrogen-bond acceptors (Lipinski definition) is 4.